The highest BCUT2D eigenvalue weighted by molar-refractivity contribution is 5.98. The molecule has 2 unspecified atom stereocenters. The quantitative estimate of drug-likeness (QED) is 0.852. The topological polar surface area (TPSA) is 70.7 Å². The molecule has 2 aliphatic rings. The third kappa shape index (κ3) is 3.79. The fourth-order valence-corrected chi connectivity index (χ4v) is 3.45. The fourth-order valence-electron chi connectivity index (χ4n) is 3.45. The summed E-state index contributed by atoms with van der Waals surface area (Å²) in [4.78, 5) is 27.3. The van der Waals surface area contributed by atoms with Gasteiger partial charge in [-0.2, -0.15) is 0 Å². The van der Waals surface area contributed by atoms with Crippen LogP contribution >= 0.6 is 0 Å². The molecule has 2 heterocycles. The molecule has 2 aliphatic heterocycles. The molecule has 0 bridgehead atoms. The number of nitrogens with one attached hydrogen (secondary N) is 2. The maximum atomic E-state index is 13.0. The maximum Gasteiger partial charge on any atom is 0.263 e. The van der Waals surface area contributed by atoms with Crippen LogP contribution < -0.4 is 20.3 Å². The van der Waals surface area contributed by atoms with E-state index in [1.165, 1.54) is 0 Å². The Bertz CT molecular complexity index is 624. The van der Waals surface area contributed by atoms with Crippen molar-refractivity contribution in [3.05, 3.63) is 24.3 Å². The van der Waals surface area contributed by atoms with E-state index in [0.717, 1.165) is 31.5 Å². The van der Waals surface area contributed by atoms with Gasteiger partial charge in [-0.25, -0.2) is 0 Å². The first-order valence-corrected chi connectivity index (χ1v) is 9.22. The van der Waals surface area contributed by atoms with E-state index in [-0.39, 0.29) is 30.3 Å². The van der Waals surface area contributed by atoms with Gasteiger partial charge >= 0.3 is 0 Å². The molecule has 0 aliphatic carbocycles. The second-order valence-electron chi connectivity index (χ2n) is 6.73. The van der Waals surface area contributed by atoms with Gasteiger partial charge in [0.25, 0.3) is 5.91 Å². The van der Waals surface area contributed by atoms with Crippen LogP contribution in [-0.2, 0) is 9.59 Å². The molecule has 0 radical (unpaired) electrons. The fraction of sp³-hybridized carbons (Fsp3) is 0.579. The summed E-state index contributed by atoms with van der Waals surface area (Å²) in [5.74, 6) is 0.485. The lowest BCUT2D eigenvalue weighted by Gasteiger charge is -2.35. The molecule has 2 amide bonds. The van der Waals surface area contributed by atoms with Crippen molar-refractivity contribution in [2.24, 2.45) is 5.92 Å². The maximum absolute atomic E-state index is 13.0. The van der Waals surface area contributed by atoms with E-state index < -0.39 is 6.10 Å². The van der Waals surface area contributed by atoms with Crippen molar-refractivity contribution in [1.29, 1.82) is 0 Å². The lowest BCUT2D eigenvalue weighted by molar-refractivity contribution is -0.129. The van der Waals surface area contributed by atoms with Gasteiger partial charge in [-0.3, -0.25) is 9.59 Å². The number of para-hydroxylation sites is 2. The second-order valence-corrected chi connectivity index (χ2v) is 6.73. The van der Waals surface area contributed by atoms with Crippen LogP contribution in [0.15, 0.2) is 24.3 Å². The Morgan fingerprint density at radius 3 is 2.76 bits per heavy atom. The number of anilines is 1. The molecule has 0 spiro atoms. The molecular formula is C19H27N3O3. The minimum atomic E-state index is -0.672. The Morgan fingerprint density at radius 2 is 2.08 bits per heavy atom. The number of nitrogens with zero attached hydrogens (tertiary/aromatic N) is 1. The van der Waals surface area contributed by atoms with E-state index in [9.17, 15) is 9.59 Å². The molecule has 0 aromatic heterocycles. The van der Waals surface area contributed by atoms with Gasteiger partial charge in [-0.1, -0.05) is 26.0 Å². The minimum Gasteiger partial charge on any atom is -0.477 e. The van der Waals surface area contributed by atoms with Crippen LogP contribution in [-0.4, -0.2) is 43.6 Å². The SMILES string of the molecule is CCC(CC)NC(=O)C1CN(C(=O)C2CCNC2)c2ccccc2O1. The lowest BCUT2D eigenvalue weighted by Crippen LogP contribution is -2.53. The monoisotopic (exact) mass is 345 g/mol. The van der Waals surface area contributed by atoms with Gasteiger partial charge in [-0.05, 0) is 37.9 Å². The summed E-state index contributed by atoms with van der Waals surface area (Å²) in [6, 6.07) is 7.58. The van der Waals surface area contributed by atoms with Crippen molar-refractivity contribution >= 4 is 17.5 Å². The highest BCUT2D eigenvalue weighted by atomic mass is 16.5. The largest absolute Gasteiger partial charge is 0.477 e. The number of ether oxygens (including phenoxy) is 1. The van der Waals surface area contributed by atoms with Crippen molar-refractivity contribution < 1.29 is 14.3 Å². The van der Waals surface area contributed by atoms with Crippen LogP contribution in [0.25, 0.3) is 0 Å². The van der Waals surface area contributed by atoms with Crippen LogP contribution in [0.2, 0.25) is 0 Å². The Hall–Kier alpha value is -2.08. The summed E-state index contributed by atoms with van der Waals surface area (Å²) in [7, 11) is 0. The van der Waals surface area contributed by atoms with Gasteiger partial charge in [0.15, 0.2) is 6.10 Å². The molecule has 2 N–H and O–H groups in total. The second kappa shape index (κ2) is 7.87. The molecule has 6 nitrogen and oxygen atoms in total. The Labute approximate surface area is 148 Å². The van der Waals surface area contributed by atoms with Crippen LogP contribution in [0, 0.1) is 5.92 Å². The van der Waals surface area contributed by atoms with Crippen LogP contribution in [0.1, 0.15) is 33.1 Å². The van der Waals surface area contributed by atoms with Crippen molar-refractivity contribution in [1.82, 2.24) is 10.6 Å². The van der Waals surface area contributed by atoms with Gasteiger partial charge < -0.3 is 20.3 Å². The highest BCUT2D eigenvalue weighted by Gasteiger charge is 2.37. The predicted octanol–water partition coefficient (Wildman–Crippen LogP) is 1.69. The molecule has 25 heavy (non-hydrogen) atoms. The average Bonchev–Trinajstić information content (AvgIpc) is 3.19. The summed E-state index contributed by atoms with van der Waals surface area (Å²) in [5, 5.41) is 6.27. The van der Waals surface area contributed by atoms with Gasteiger partial charge in [0.05, 0.1) is 18.2 Å². The number of amides is 2. The van der Waals surface area contributed by atoms with E-state index in [1.54, 1.807) is 4.90 Å². The zero-order valence-corrected chi connectivity index (χ0v) is 15.0. The molecule has 1 saturated heterocycles. The molecular weight excluding hydrogens is 318 g/mol. The van der Waals surface area contributed by atoms with Crippen LogP contribution in [0.5, 0.6) is 5.75 Å². The molecule has 1 aromatic rings. The molecule has 6 heteroatoms. The van der Waals surface area contributed by atoms with E-state index >= 15 is 0 Å². The smallest absolute Gasteiger partial charge is 0.263 e. The Kier molecular flexibility index (Phi) is 5.58. The van der Waals surface area contributed by atoms with E-state index in [0.29, 0.717) is 12.3 Å². The first-order valence-electron chi connectivity index (χ1n) is 9.22. The van der Waals surface area contributed by atoms with E-state index in [4.69, 9.17) is 4.74 Å². The first kappa shape index (κ1) is 17.7. The number of rotatable bonds is 5. The summed E-state index contributed by atoms with van der Waals surface area (Å²) in [5.41, 5.74) is 0.756. The van der Waals surface area contributed by atoms with Crippen molar-refractivity contribution in [3.8, 4) is 5.75 Å². The van der Waals surface area contributed by atoms with E-state index in [1.807, 2.05) is 38.1 Å². The highest BCUT2D eigenvalue weighted by Crippen LogP contribution is 2.34. The van der Waals surface area contributed by atoms with Crippen molar-refractivity contribution in [3.63, 3.8) is 0 Å². The van der Waals surface area contributed by atoms with Gasteiger partial charge in [0.1, 0.15) is 5.75 Å². The van der Waals surface area contributed by atoms with Gasteiger partial charge in [0.2, 0.25) is 5.91 Å². The molecule has 1 aromatic carbocycles. The number of fused-ring (bicyclic) bond motifs is 1. The average molecular weight is 345 g/mol. The molecule has 0 saturated carbocycles. The number of carbonyl (C=O) groups excluding carboxylic acids is 2. The van der Waals surface area contributed by atoms with Gasteiger partial charge in [0, 0.05) is 12.6 Å². The molecule has 3 rings (SSSR count). The Balaban J connectivity index is 1.80. The zero-order valence-electron chi connectivity index (χ0n) is 15.0. The summed E-state index contributed by atoms with van der Waals surface area (Å²) < 4.78 is 5.91. The Morgan fingerprint density at radius 1 is 1.32 bits per heavy atom. The third-order valence-electron chi connectivity index (χ3n) is 5.07. The van der Waals surface area contributed by atoms with Crippen LogP contribution in [0.4, 0.5) is 5.69 Å². The van der Waals surface area contributed by atoms with Crippen LogP contribution in [0.3, 0.4) is 0 Å². The molecule has 1 fully saturated rings. The van der Waals surface area contributed by atoms with Crippen molar-refractivity contribution in [2.45, 2.75) is 45.3 Å². The molecule has 136 valence electrons. The first-order chi connectivity index (χ1) is 12.1. The number of hydrogen-bond donors (Lipinski definition) is 2. The summed E-state index contributed by atoms with van der Waals surface area (Å²) >= 11 is 0. The van der Waals surface area contributed by atoms with Gasteiger partial charge in [-0.15, -0.1) is 0 Å². The normalized spacial score (nSPS) is 22.4. The number of carbonyl (C=O) groups is 2. The van der Waals surface area contributed by atoms with Crippen molar-refractivity contribution in [2.75, 3.05) is 24.5 Å². The zero-order chi connectivity index (χ0) is 17.8. The predicted molar refractivity (Wildman–Crippen MR) is 96.7 cm³/mol. The number of hydrogen-bond acceptors (Lipinski definition) is 4. The van der Waals surface area contributed by atoms with E-state index in [2.05, 4.69) is 10.6 Å². The number of benzene rings is 1. The summed E-state index contributed by atoms with van der Waals surface area (Å²) in [6.45, 7) is 5.92. The standard InChI is InChI=1S/C19H27N3O3/c1-3-14(4-2)21-18(23)17-12-22(19(24)13-9-10-20-11-13)15-7-5-6-8-16(15)25-17/h5-8,13-14,17,20H,3-4,9-12H2,1-2H3,(H,21,23). The minimum absolute atomic E-state index is 0.0334. The lowest BCUT2D eigenvalue weighted by atomic mass is 10.0. The molecule has 2 atom stereocenters. The third-order valence-corrected chi connectivity index (χ3v) is 5.07. The summed E-state index contributed by atoms with van der Waals surface area (Å²) in [6.07, 6.45) is 1.92.